The molecule has 1 aliphatic heterocycles. The Hall–Kier alpha value is -1.05. The van der Waals surface area contributed by atoms with Crippen molar-refractivity contribution in [2.75, 3.05) is 26.3 Å². The molecule has 2 heterocycles. The van der Waals surface area contributed by atoms with Crippen LogP contribution in [0.1, 0.15) is 12.6 Å². The Morgan fingerprint density at radius 1 is 1.65 bits per heavy atom. The van der Waals surface area contributed by atoms with Crippen LogP contribution in [0.5, 0.6) is 0 Å². The molecular weight excluding hydrogens is 240 g/mol. The van der Waals surface area contributed by atoms with Gasteiger partial charge in [-0.05, 0) is 18.5 Å². The molecule has 0 radical (unpaired) electrons. The van der Waals surface area contributed by atoms with E-state index in [-0.39, 0.29) is 11.9 Å². The molecule has 7 heteroatoms. The molecule has 1 aliphatic rings. The molecule has 17 heavy (non-hydrogen) atoms. The second-order valence-corrected chi connectivity index (χ2v) is 4.55. The molecule has 1 amide bonds. The fraction of sp³-hybridized carbons (Fsp3) is 0.700. The maximum atomic E-state index is 12.0. The van der Waals surface area contributed by atoms with Gasteiger partial charge in [-0.15, -0.1) is 5.10 Å². The van der Waals surface area contributed by atoms with E-state index in [1.165, 1.54) is 11.5 Å². The second kappa shape index (κ2) is 6.04. The molecule has 94 valence electrons. The molecule has 0 bridgehead atoms. The number of morpholine rings is 1. The molecule has 0 aliphatic carbocycles. The zero-order chi connectivity index (χ0) is 12.1. The van der Waals surface area contributed by atoms with Crippen molar-refractivity contribution in [3.63, 3.8) is 0 Å². The number of hydrogen-bond acceptors (Lipinski definition) is 6. The van der Waals surface area contributed by atoms with Crippen molar-refractivity contribution in [3.05, 3.63) is 11.1 Å². The van der Waals surface area contributed by atoms with E-state index < -0.39 is 0 Å². The third-order valence-corrected chi connectivity index (χ3v) is 3.24. The normalized spacial score (nSPS) is 18.1. The smallest absolute Gasteiger partial charge is 0.239 e. The van der Waals surface area contributed by atoms with E-state index in [0.29, 0.717) is 32.8 Å². The number of rotatable bonds is 4. The van der Waals surface area contributed by atoms with Crippen LogP contribution in [0.25, 0.3) is 0 Å². The van der Waals surface area contributed by atoms with Gasteiger partial charge in [-0.3, -0.25) is 4.79 Å². The molecular formula is C10H16N4O2S. The topological polar surface area (TPSA) is 67.4 Å². The number of aromatic nitrogens is 2. The van der Waals surface area contributed by atoms with Gasteiger partial charge in [0, 0.05) is 25.0 Å². The largest absolute Gasteiger partial charge is 0.378 e. The molecule has 2 rings (SSSR count). The number of nitrogens with one attached hydrogen (secondary N) is 1. The van der Waals surface area contributed by atoms with E-state index in [0.717, 1.165) is 5.69 Å². The van der Waals surface area contributed by atoms with Crippen molar-refractivity contribution in [2.45, 2.75) is 19.5 Å². The highest BCUT2D eigenvalue weighted by Gasteiger charge is 2.21. The van der Waals surface area contributed by atoms with Crippen molar-refractivity contribution in [1.29, 1.82) is 0 Å². The fourth-order valence-corrected chi connectivity index (χ4v) is 2.11. The van der Waals surface area contributed by atoms with Crippen LogP contribution in [0.4, 0.5) is 0 Å². The lowest BCUT2D eigenvalue weighted by Gasteiger charge is -2.29. The third kappa shape index (κ3) is 3.45. The molecule has 1 aromatic heterocycles. The van der Waals surface area contributed by atoms with Gasteiger partial charge in [-0.25, -0.2) is 0 Å². The Morgan fingerprint density at radius 3 is 3.06 bits per heavy atom. The molecule has 0 saturated carbocycles. The van der Waals surface area contributed by atoms with Crippen LogP contribution in [0.3, 0.4) is 0 Å². The molecule has 1 saturated heterocycles. The van der Waals surface area contributed by atoms with E-state index in [9.17, 15) is 4.79 Å². The first-order chi connectivity index (χ1) is 8.27. The summed E-state index contributed by atoms with van der Waals surface area (Å²) in [4.78, 5) is 13.9. The lowest BCUT2D eigenvalue weighted by atomic mass is 10.2. The van der Waals surface area contributed by atoms with E-state index in [4.69, 9.17) is 4.74 Å². The maximum absolute atomic E-state index is 12.0. The molecule has 6 nitrogen and oxygen atoms in total. The van der Waals surface area contributed by atoms with E-state index >= 15 is 0 Å². The van der Waals surface area contributed by atoms with Crippen LogP contribution in [-0.2, 0) is 16.1 Å². The van der Waals surface area contributed by atoms with Gasteiger partial charge in [0.25, 0.3) is 0 Å². The molecule has 1 aromatic rings. The summed E-state index contributed by atoms with van der Waals surface area (Å²) in [5, 5.41) is 8.95. The minimum absolute atomic E-state index is 0.122. The summed E-state index contributed by atoms with van der Waals surface area (Å²) in [7, 11) is 0. The van der Waals surface area contributed by atoms with Crippen LogP contribution in [0.15, 0.2) is 5.38 Å². The van der Waals surface area contributed by atoms with Crippen LogP contribution < -0.4 is 5.32 Å². The number of ether oxygens (including phenoxy) is 1. The van der Waals surface area contributed by atoms with Gasteiger partial charge in [0.2, 0.25) is 5.91 Å². The van der Waals surface area contributed by atoms with Crippen LogP contribution in [-0.4, -0.2) is 52.7 Å². The van der Waals surface area contributed by atoms with E-state index in [1.54, 1.807) is 0 Å². The Kier molecular flexibility index (Phi) is 4.41. The standard InChI is InChI=1S/C10H16N4O2S/c1-8(11-6-9-7-17-13-12-9)10(15)14-2-4-16-5-3-14/h7-8,11H,2-6H2,1H3. The molecule has 1 atom stereocenters. The highest BCUT2D eigenvalue weighted by molar-refractivity contribution is 7.03. The van der Waals surface area contributed by atoms with Crippen molar-refractivity contribution in [2.24, 2.45) is 0 Å². The summed E-state index contributed by atoms with van der Waals surface area (Å²) in [6, 6.07) is -0.199. The summed E-state index contributed by atoms with van der Waals surface area (Å²) < 4.78 is 8.99. The second-order valence-electron chi connectivity index (χ2n) is 3.94. The monoisotopic (exact) mass is 256 g/mol. The SMILES string of the molecule is CC(NCc1csnn1)C(=O)N1CCOCC1. The highest BCUT2D eigenvalue weighted by atomic mass is 32.1. The van der Waals surface area contributed by atoms with Gasteiger partial charge in [-0.1, -0.05) is 4.49 Å². The Morgan fingerprint density at radius 2 is 2.41 bits per heavy atom. The van der Waals surface area contributed by atoms with Gasteiger partial charge in [0.05, 0.1) is 24.9 Å². The quantitative estimate of drug-likeness (QED) is 0.813. The highest BCUT2D eigenvalue weighted by Crippen LogP contribution is 2.02. The van der Waals surface area contributed by atoms with Gasteiger partial charge in [0.1, 0.15) is 0 Å². The van der Waals surface area contributed by atoms with Crippen LogP contribution >= 0.6 is 11.5 Å². The minimum Gasteiger partial charge on any atom is -0.378 e. The zero-order valence-electron chi connectivity index (χ0n) is 9.76. The number of carbonyl (C=O) groups is 1. The average Bonchev–Trinajstić information content (AvgIpc) is 2.89. The van der Waals surface area contributed by atoms with E-state index in [1.807, 2.05) is 17.2 Å². The Labute approximate surface area is 104 Å². The predicted molar refractivity (Wildman–Crippen MR) is 63.6 cm³/mol. The summed E-state index contributed by atoms with van der Waals surface area (Å²) >= 11 is 1.31. The molecule has 1 unspecified atom stereocenters. The average molecular weight is 256 g/mol. The number of hydrogen-bond donors (Lipinski definition) is 1. The molecule has 0 aromatic carbocycles. The first kappa shape index (κ1) is 12.4. The van der Waals surface area contributed by atoms with Crippen molar-refractivity contribution >= 4 is 17.4 Å². The predicted octanol–water partition coefficient (Wildman–Crippen LogP) is -0.125. The van der Waals surface area contributed by atoms with Gasteiger partial charge in [0.15, 0.2) is 0 Å². The van der Waals surface area contributed by atoms with Gasteiger partial charge >= 0.3 is 0 Å². The first-order valence-corrected chi connectivity index (χ1v) is 6.47. The minimum atomic E-state index is -0.199. The zero-order valence-corrected chi connectivity index (χ0v) is 10.6. The Balaban J connectivity index is 1.78. The molecule has 1 fully saturated rings. The lowest BCUT2D eigenvalue weighted by molar-refractivity contribution is -0.137. The lowest BCUT2D eigenvalue weighted by Crippen LogP contribution is -2.49. The van der Waals surface area contributed by atoms with Crippen molar-refractivity contribution < 1.29 is 9.53 Å². The van der Waals surface area contributed by atoms with Crippen LogP contribution in [0.2, 0.25) is 0 Å². The van der Waals surface area contributed by atoms with Crippen molar-refractivity contribution in [1.82, 2.24) is 19.8 Å². The van der Waals surface area contributed by atoms with Gasteiger partial charge < -0.3 is 15.0 Å². The maximum Gasteiger partial charge on any atom is 0.239 e. The summed E-state index contributed by atoms with van der Waals surface area (Å²) in [6.45, 7) is 5.08. The number of amides is 1. The summed E-state index contributed by atoms with van der Waals surface area (Å²) in [5.74, 6) is 0.122. The molecule has 1 N–H and O–H groups in total. The Bertz CT molecular complexity index is 351. The van der Waals surface area contributed by atoms with Gasteiger partial charge in [-0.2, -0.15) is 0 Å². The van der Waals surface area contributed by atoms with Crippen LogP contribution in [0, 0.1) is 0 Å². The fourth-order valence-electron chi connectivity index (χ4n) is 1.66. The number of nitrogens with zero attached hydrogens (tertiary/aromatic N) is 3. The third-order valence-electron chi connectivity index (χ3n) is 2.69. The summed E-state index contributed by atoms with van der Waals surface area (Å²) in [6.07, 6.45) is 0. The summed E-state index contributed by atoms with van der Waals surface area (Å²) in [5.41, 5.74) is 0.872. The van der Waals surface area contributed by atoms with E-state index in [2.05, 4.69) is 14.9 Å². The first-order valence-electron chi connectivity index (χ1n) is 5.63. The number of carbonyl (C=O) groups excluding carboxylic acids is 1. The van der Waals surface area contributed by atoms with Crippen molar-refractivity contribution in [3.8, 4) is 0 Å². The molecule has 0 spiro atoms.